The summed E-state index contributed by atoms with van der Waals surface area (Å²) in [6, 6.07) is 3.83. The number of halogens is 3. The maximum atomic E-state index is 14.1. The van der Waals surface area contributed by atoms with Crippen molar-refractivity contribution in [2.75, 3.05) is 32.4 Å². The molecule has 1 N–H and O–H groups in total. The Balaban J connectivity index is 1.63. The first-order valence-electron chi connectivity index (χ1n) is 12.3. The van der Waals surface area contributed by atoms with Crippen LogP contribution in [-0.2, 0) is 16.0 Å². The zero-order valence-corrected chi connectivity index (χ0v) is 21.1. The van der Waals surface area contributed by atoms with Crippen molar-refractivity contribution in [1.29, 1.82) is 0 Å². The van der Waals surface area contributed by atoms with E-state index < -0.39 is 32.7 Å². The summed E-state index contributed by atoms with van der Waals surface area (Å²) >= 11 is 0. The van der Waals surface area contributed by atoms with E-state index in [-0.39, 0.29) is 23.9 Å². The second kappa shape index (κ2) is 10.1. The maximum Gasteiger partial charge on any atom is 0.417 e. The normalized spacial score (nSPS) is 27.5. The van der Waals surface area contributed by atoms with E-state index in [4.69, 9.17) is 0 Å². The quantitative estimate of drug-likeness (QED) is 0.526. The predicted octanol–water partition coefficient (Wildman–Crippen LogP) is 4.96. The summed E-state index contributed by atoms with van der Waals surface area (Å²) in [6.07, 6.45) is 5.93. The fourth-order valence-electron chi connectivity index (χ4n) is 5.55. The first-order chi connectivity index (χ1) is 16.4. The first kappa shape index (κ1) is 25.9. The Morgan fingerprint density at radius 3 is 2.54 bits per heavy atom. The van der Waals surface area contributed by atoms with E-state index in [9.17, 15) is 26.4 Å². The number of likely N-dealkylation sites (tertiary alicyclic amines) is 2. The summed E-state index contributed by atoms with van der Waals surface area (Å²) in [5.74, 6) is -0.757. The van der Waals surface area contributed by atoms with E-state index in [2.05, 4.69) is 4.90 Å². The Morgan fingerprint density at radius 1 is 1.17 bits per heavy atom. The lowest BCUT2D eigenvalue weighted by molar-refractivity contribution is -0.138. The average Bonchev–Trinajstić information content (AvgIpc) is 3.42. The summed E-state index contributed by atoms with van der Waals surface area (Å²) in [7, 11) is -3.06. The van der Waals surface area contributed by atoms with Crippen molar-refractivity contribution >= 4 is 21.3 Å². The molecule has 4 rings (SSSR count). The van der Waals surface area contributed by atoms with E-state index in [1.54, 1.807) is 29.2 Å². The number of hydrogen-bond acceptors (Lipinski definition) is 3. The molecule has 0 spiro atoms. The Labute approximate surface area is 205 Å². The van der Waals surface area contributed by atoms with Gasteiger partial charge in [-0.2, -0.15) is 17.4 Å². The fraction of sp³-hybridized carbons (Fsp3) is 0.577. The number of rotatable bonds is 5. The van der Waals surface area contributed by atoms with Crippen LogP contribution in [0.4, 0.5) is 13.2 Å². The molecule has 192 valence electrons. The third-order valence-electron chi connectivity index (χ3n) is 7.49. The van der Waals surface area contributed by atoms with Crippen LogP contribution in [0.5, 0.6) is 0 Å². The minimum atomic E-state index is -4.68. The number of carbonyl (C=O) groups excluding carboxylic acids is 1. The summed E-state index contributed by atoms with van der Waals surface area (Å²) in [5, 5.41) is -0.512. The standard InChI is InChI=1S/C26H33F3N2O3S/c1-18-7-8-19(10-12-24(18)35(2,33)34)20-9-11-22(23(16-20)26(27,28)29)25(32)31-15-5-6-21(31)17-30-13-3-4-14-30/h7-11,16,18,21,24H,3-6,12-15,17H2,1-2H3/p+1. The summed E-state index contributed by atoms with van der Waals surface area (Å²) < 4.78 is 64.7. The fourth-order valence-corrected chi connectivity index (χ4v) is 6.89. The van der Waals surface area contributed by atoms with Crippen molar-refractivity contribution < 1.29 is 26.4 Å². The number of benzene rings is 1. The molecule has 35 heavy (non-hydrogen) atoms. The van der Waals surface area contributed by atoms with E-state index in [0.717, 1.165) is 44.8 Å². The van der Waals surface area contributed by atoms with Gasteiger partial charge in [-0.15, -0.1) is 0 Å². The third-order valence-corrected chi connectivity index (χ3v) is 9.24. The van der Waals surface area contributed by atoms with Crippen molar-refractivity contribution in [2.24, 2.45) is 5.92 Å². The molecule has 2 aliphatic heterocycles. The highest BCUT2D eigenvalue weighted by Crippen LogP contribution is 2.37. The predicted molar refractivity (Wildman–Crippen MR) is 132 cm³/mol. The second-order valence-corrected chi connectivity index (χ2v) is 12.4. The molecule has 0 saturated carbocycles. The van der Waals surface area contributed by atoms with Gasteiger partial charge in [-0.25, -0.2) is 4.21 Å². The number of hydrogen-bond donors (Lipinski definition) is 0. The van der Waals surface area contributed by atoms with Crippen molar-refractivity contribution in [2.45, 2.75) is 56.5 Å². The maximum absolute atomic E-state index is 14.1. The van der Waals surface area contributed by atoms with Gasteiger partial charge >= 0.3 is 6.18 Å². The molecule has 9 heteroatoms. The zero-order chi connectivity index (χ0) is 25.4. The summed E-state index contributed by atoms with van der Waals surface area (Å²) in [4.78, 5) is 17.3. The molecule has 0 radical (unpaired) electrons. The molecule has 2 saturated heterocycles. The molecule has 1 aliphatic carbocycles. The molecule has 1 aromatic rings. The number of nitrogens with zero attached hydrogens (tertiary/aromatic N) is 2. The Hall–Kier alpha value is -2.13. The smallest absolute Gasteiger partial charge is 0.334 e. The Morgan fingerprint density at radius 2 is 1.89 bits per heavy atom. The zero-order valence-electron chi connectivity index (χ0n) is 20.3. The number of allylic oxidation sites excluding steroid dienone is 4. The van der Waals surface area contributed by atoms with Crippen LogP contribution in [0.3, 0.4) is 0 Å². The molecule has 2 heterocycles. The molecule has 0 bridgehead atoms. The molecule has 4 unspecified atom stereocenters. The van der Waals surface area contributed by atoms with Gasteiger partial charge in [0.2, 0.25) is 0 Å². The van der Waals surface area contributed by atoms with Crippen molar-refractivity contribution in [3.05, 3.63) is 53.1 Å². The van der Waals surface area contributed by atoms with Crippen LogP contribution in [0, 0.1) is 5.92 Å². The van der Waals surface area contributed by atoms with Gasteiger partial charge in [0, 0.05) is 19.1 Å². The van der Waals surface area contributed by atoms with Crippen molar-refractivity contribution in [3.63, 3.8) is 0 Å². The van der Waals surface area contributed by atoms with Crippen LogP contribution in [0.2, 0.25) is 0 Å². The molecular weight excluding hydrogens is 477 g/mol. The average molecular weight is 512 g/mol. The van der Waals surface area contributed by atoms with Crippen LogP contribution in [-0.4, -0.2) is 67.9 Å². The molecule has 1 aromatic carbocycles. The van der Waals surface area contributed by atoms with E-state index in [1.807, 2.05) is 6.92 Å². The van der Waals surface area contributed by atoms with Crippen LogP contribution in [0.25, 0.3) is 5.57 Å². The van der Waals surface area contributed by atoms with Gasteiger partial charge < -0.3 is 9.80 Å². The Kier molecular flexibility index (Phi) is 7.48. The number of amides is 1. The van der Waals surface area contributed by atoms with Crippen LogP contribution >= 0.6 is 0 Å². The van der Waals surface area contributed by atoms with Gasteiger partial charge in [-0.1, -0.05) is 31.2 Å². The largest absolute Gasteiger partial charge is 0.417 e. The van der Waals surface area contributed by atoms with Crippen molar-refractivity contribution in [3.8, 4) is 0 Å². The third kappa shape index (κ3) is 5.82. The van der Waals surface area contributed by atoms with Crippen LogP contribution < -0.4 is 0 Å². The number of carbonyl (C=O) groups is 1. The van der Waals surface area contributed by atoms with Gasteiger partial charge in [0.15, 0.2) is 0 Å². The van der Waals surface area contributed by atoms with E-state index >= 15 is 0 Å². The minimum Gasteiger partial charge on any atom is -0.334 e. The highest BCUT2D eigenvalue weighted by Gasteiger charge is 2.39. The van der Waals surface area contributed by atoms with Gasteiger partial charge in [0.25, 0.3) is 15.7 Å². The highest BCUT2D eigenvalue weighted by atomic mass is 32.2. The van der Waals surface area contributed by atoms with Crippen LogP contribution in [0.15, 0.2) is 36.4 Å². The van der Waals surface area contributed by atoms with E-state index in [0.29, 0.717) is 24.2 Å². The summed E-state index contributed by atoms with van der Waals surface area (Å²) in [5.41, 5.74) is -0.350. The van der Waals surface area contributed by atoms with Crippen LogP contribution in [0.1, 0.15) is 60.5 Å². The highest BCUT2D eigenvalue weighted by molar-refractivity contribution is 7.91. The van der Waals surface area contributed by atoms with Crippen molar-refractivity contribution in [1.82, 2.24) is 9.80 Å². The topological polar surface area (TPSA) is 62.0 Å². The van der Waals surface area contributed by atoms with Gasteiger partial charge in [0.05, 0.1) is 17.4 Å². The molecule has 4 atom stereocenters. The minimum absolute atomic E-state index is 0.0605. The lowest BCUT2D eigenvalue weighted by Crippen LogP contribution is -2.43. The lowest BCUT2D eigenvalue weighted by Gasteiger charge is -2.29. The lowest BCUT2D eigenvalue weighted by atomic mass is 9.97. The summed E-state index contributed by atoms with van der Waals surface area (Å²) in [6.45, 7) is 4.97. The van der Waals surface area contributed by atoms with Gasteiger partial charge in [-0.05, 0) is 74.4 Å². The molecule has 3 aliphatic rings. The first-order valence-corrected chi connectivity index (χ1v) is 14.3. The molecular formula is C26H34F3N2O3S+. The van der Waals surface area contributed by atoms with E-state index in [1.165, 1.54) is 12.3 Å². The molecule has 1 amide bonds. The monoisotopic (exact) mass is 511 g/mol. The second-order valence-electron chi connectivity index (χ2n) is 10.1. The number of alkyl halides is 3. The Bertz CT molecular complexity index is 1120. The van der Waals surface area contributed by atoms with Gasteiger partial charge in [-0.3, -0.25) is 4.79 Å². The molecule has 0 aromatic heterocycles. The SMILES string of the molecule is CC1C=CC(c2ccc(C(=O)N3CCCC3CN3CCCC3)c(C(F)(F)F)c2)=CCC1S(C)(=O)=[OH+]. The van der Waals surface area contributed by atoms with Gasteiger partial charge in [0.1, 0.15) is 5.25 Å². The molecule has 5 nitrogen and oxygen atoms in total. The molecule has 2 fully saturated rings.